The first-order valence-corrected chi connectivity index (χ1v) is 6.96. The van der Waals surface area contributed by atoms with Gasteiger partial charge < -0.3 is 15.8 Å². The van der Waals surface area contributed by atoms with Crippen LogP contribution >= 0.6 is 0 Å². The zero-order valence-electron chi connectivity index (χ0n) is 13.1. The predicted octanol–water partition coefficient (Wildman–Crippen LogP) is 2.70. The van der Waals surface area contributed by atoms with Gasteiger partial charge in [-0.15, -0.1) is 0 Å². The number of nitrogens with two attached hydrogens (primary N) is 1. The van der Waals surface area contributed by atoms with Gasteiger partial charge in [-0.25, -0.2) is 4.79 Å². The molecular formula is C16H26N2O2. The molecule has 1 atom stereocenters. The topological polar surface area (TPSA) is 64.3 Å². The van der Waals surface area contributed by atoms with Crippen molar-refractivity contribution >= 4 is 6.09 Å². The number of hydrogen-bond acceptors (Lipinski definition) is 3. The molecule has 0 aliphatic rings. The Morgan fingerprint density at radius 2 is 2.00 bits per heavy atom. The first-order valence-electron chi connectivity index (χ1n) is 6.96. The summed E-state index contributed by atoms with van der Waals surface area (Å²) < 4.78 is 5.18. The molecule has 0 saturated heterocycles. The maximum absolute atomic E-state index is 11.5. The summed E-state index contributed by atoms with van der Waals surface area (Å²) in [7, 11) is 0. The fourth-order valence-corrected chi connectivity index (χ4v) is 1.92. The zero-order chi connectivity index (χ0) is 15.3. The molecule has 1 aromatic rings. The molecule has 0 spiro atoms. The van der Waals surface area contributed by atoms with Crippen LogP contribution in [-0.2, 0) is 11.2 Å². The molecule has 112 valence electrons. The summed E-state index contributed by atoms with van der Waals surface area (Å²) in [6.07, 6.45) is 0.317. The van der Waals surface area contributed by atoms with E-state index in [1.165, 1.54) is 16.7 Å². The van der Waals surface area contributed by atoms with Gasteiger partial charge in [0.15, 0.2) is 0 Å². The van der Waals surface area contributed by atoms with Crippen molar-refractivity contribution < 1.29 is 9.53 Å². The van der Waals surface area contributed by atoms with Crippen LogP contribution in [0.2, 0.25) is 0 Å². The van der Waals surface area contributed by atoms with Crippen LogP contribution in [0.5, 0.6) is 0 Å². The van der Waals surface area contributed by atoms with Crippen molar-refractivity contribution in [3.8, 4) is 0 Å². The minimum atomic E-state index is -0.485. The Bertz CT molecular complexity index is 464. The summed E-state index contributed by atoms with van der Waals surface area (Å²) in [5, 5.41) is 2.71. The molecule has 1 aromatic carbocycles. The molecule has 0 heterocycles. The van der Waals surface area contributed by atoms with E-state index in [0.29, 0.717) is 6.54 Å². The molecule has 4 heteroatoms. The van der Waals surface area contributed by atoms with Crippen LogP contribution < -0.4 is 11.1 Å². The van der Waals surface area contributed by atoms with E-state index in [1.54, 1.807) is 0 Å². The lowest BCUT2D eigenvalue weighted by atomic mass is 9.98. The molecule has 3 N–H and O–H groups in total. The SMILES string of the molecule is Cc1cccc(CC(N)CNC(=O)OC(C)(C)C)c1C. The molecule has 0 radical (unpaired) electrons. The third-order valence-corrected chi connectivity index (χ3v) is 3.11. The van der Waals surface area contributed by atoms with Crippen molar-refractivity contribution in [3.63, 3.8) is 0 Å². The first-order chi connectivity index (χ1) is 9.19. The molecule has 0 saturated carbocycles. The highest BCUT2D eigenvalue weighted by Crippen LogP contribution is 2.14. The Morgan fingerprint density at radius 1 is 1.35 bits per heavy atom. The number of rotatable bonds is 4. The van der Waals surface area contributed by atoms with Crippen LogP contribution in [0.15, 0.2) is 18.2 Å². The van der Waals surface area contributed by atoms with Crippen LogP contribution in [0.3, 0.4) is 0 Å². The lowest BCUT2D eigenvalue weighted by molar-refractivity contribution is 0.0524. The van der Waals surface area contributed by atoms with Gasteiger partial charge >= 0.3 is 6.09 Å². The Labute approximate surface area is 121 Å². The Hall–Kier alpha value is -1.55. The number of amides is 1. The Balaban J connectivity index is 2.46. The third kappa shape index (κ3) is 5.61. The summed E-state index contributed by atoms with van der Waals surface area (Å²) in [5.74, 6) is 0. The van der Waals surface area contributed by atoms with Gasteiger partial charge in [-0.2, -0.15) is 0 Å². The summed E-state index contributed by atoms with van der Waals surface area (Å²) >= 11 is 0. The lowest BCUT2D eigenvalue weighted by Gasteiger charge is -2.21. The molecule has 20 heavy (non-hydrogen) atoms. The van der Waals surface area contributed by atoms with E-state index in [1.807, 2.05) is 26.8 Å². The average Bonchev–Trinajstić information content (AvgIpc) is 2.30. The smallest absolute Gasteiger partial charge is 0.407 e. The second-order valence-electron chi connectivity index (χ2n) is 6.21. The van der Waals surface area contributed by atoms with Crippen LogP contribution in [-0.4, -0.2) is 24.3 Å². The largest absolute Gasteiger partial charge is 0.444 e. The van der Waals surface area contributed by atoms with Crippen LogP contribution in [0.1, 0.15) is 37.5 Å². The second kappa shape index (κ2) is 6.75. The van der Waals surface area contributed by atoms with E-state index in [9.17, 15) is 4.79 Å². The molecule has 1 amide bonds. The van der Waals surface area contributed by atoms with E-state index >= 15 is 0 Å². The highest BCUT2D eigenvalue weighted by molar-refractivity contribution is 5.67. The zero-order valence-corrected chi connectivity index (χ0v) is 13.1. The summed E-state index contributed by atoms with van der Waals surface area (Å²) in [4.78, 5) is 11.5. The van der Waals surface area contributed by atoms with Crippen LogP contribution in [0.25, 0.3) is 0 Å². The number of benzene rings is 1. The molecule has 1 rings (SSSR count). The van der Waals surface area contributed by atoms with Crippen LogP contribution in [0.4, 0.5) is 4.79 Å². The minimum absolute atomic E-state index is 0.122. The van der Waals surface area contributed by atoms with Gasteiger partial charge in [0.25, 0.3) is 0 Å². The highest BCUT2D eigenvalue weighted by atomic mass is 16.6. The van der Waals surface area contributed by atoms with Gasteiger partial charge in [0.2, 0.25) is 0 Å². The quantitative estimate of drug-likeness (QED) is 0.890. The molecule has 0 fully saturated rings. The van der Waals surface area contributed by atoms with Gasteiger partial charge in [-0.3, -0.25) is 0 Å². The van der Waals surface area contributed by atoms with Crippen molar-refractivity contribution in [1.29, 1.82) is 0 Å². The third-order valence-electron chi connectivity index (χ3n) is 3.11. The Kier molecular flexibility index (Phi) is 5.57. The van der Waals surface area contributed by atoms with E-state index in [2.05, 4.69) is 31.3 Å². The van der Waals surface area contributed by atoms with Gasteiger partial charge in [-0.05, 0) is 57.7 Å². The maximum Gasteiger partial charge on any atom is 0.407 e. The van der Waals surface area contributed by atoms with Crippen molar-refractivity contribution in [1.82, 2.24) is 5.32 Å². The van der Waals surface area contributed by atoms with E-state index < -0.39 is 11.7 Å². The first kappa shape index (κ1) is 16.5. The maximum atomic E-state index is 11.5. The molecule has 0 aliphatic carbocycles. The molecule has 0 aromatic heterocycles. The number of carbonyl (C=O) groups is 1. The summed E-state index contributed by atoms with van der Waals surface area (Å²) in [6.45, 7) is 10.1. The number of carbonyl (C=O) groups excluding carboxylic acids is 1. The van der Waals surface area contributed by atoms with E-state index in [-0.39, 0.29) is 6.04 Å². The van der Waals surface area contributed by atoms with Crippen LogP contribution in [0, 0.1) is 13.8 Å². The number of aryl methyl sites for hydroxylation is 1. The molecular weight excluding hydrogens is 252 g/mol. The summed E-state index contributed by atoms with van der Waals surface area (Å²) in [5.41, 5.74) is 9.33. The van der Waals surface area contributed by atoms with Crippen molar-refractivity contribution in [3.05, 3.63) is 34.9 Å². The minimum Gasteiger partial charge on any atom is -0.444 e. The van der Waals surface area contributed by atoms with Gasteiger partial charge in [-0.1, -0.05) is 18.2 Å². The van der Waals surface area contributed by atoms with Gasteiger partial charge in [0.1, 0.15) is 5.60 Å². The number of alkyl carbamates (subject to hydrolysis) is 1. The number of hydrogen-bond donors (Lipinski definition) is 2. The molecule has 0 aliphatic heterocycles. The summed E-state index contributed by atoms with van der Waals surface area (Å²) in [6, 6.07) is 6.08. The van der Waals surface area contributed by atoms with Gasteiger partial charge in [0, 0.05) is 12.6 Å². The van der Waals surface area contributed by atoms with Crippen molar-refractivity contribution in [2.24, 2.45) is 5.73 Å². The molecule has 0 bridgehead atoms. The lowest BCUT2D eigenvalue weighted by Crippen LogP contribution is -2.41. The standard InChI is InChI=1S/C16H26N2O2/c1-11-7-6-8-13(12(11)2)9-14(17)10-18-15(19)20-16(3,4)5/h6-8,14H,9-10,17H2,1-5H3,(H,18,19). The Morgan fingerprint density at radius 3 is 2.60 bits per heavy atom. The molecule has 4 nitrogen and oxygen atoms in total. The monoisotopic (exact) mass is 278 g/mol. The fourth-order valence-electron chi connectivity index (χ4n) is 1.92. The molecule has 1 unspecified atom stereocenters. The number of nitrogens with one attached hydrogen (secondary N) is 1. The van der Waals surface area contributed by atoms with Crippen molar-refractivity contribution in [2.75, 3.05) is 6.54 Å². The normalized spacial score (nSPS) is 12.9. The second-order valence-corrected chi connectivity index (χ2v) is 6.21. The van der Waals surface area contributed by atoms with E-state index in [0.717, 1.165) is 6.42 Å². The fraction of sp³-hybridized carbons (Fsp3) is 0.562. The predicted molar refractivity (Wildman–Crippen MR) is 81.8 cm³/mol. The van der Waals surface area contributed by atoms with E-state index in [4.69, 9.17) is 10.5 Å². The van der Waals surface area contributed by atoms with Gasteiger partial charge in [0.05, 0.1) is 0 Å². The highest BCUT2D eigenvalue weighted by Gasteiger charge is 2.16. The van der Waals surface area contributed by atoms with Crippen molar-refractivity contribution in [2.45, 2.75) is 52.7 Å². The average molecular weight is 278 g/mol. The number of ether oxygens (including phenoxy) is 1.